The van der Waals surface area contributed by atoms with E-state index < -0.39 is 20.0 Å². The van der Waals surface area contributed by atoms with Crippen LogP contribution in [0.25, 0.3) is 0 Å². The van der Waals surface area contributed by atoms with Crippen LogP contribution in [0.4, 0.5) is 0 Å². The molecule has 0 aromatic heterocycles. The molecule has 436 valence electrons. The number of carbonyl (C=O) groups is 1. The molecule has 0 bridgehead atoms. The maximum atomic E-state index is 13.0. The number of allylic oxidation sites excluding steroid dienone is 25. The summed E-state index contributed by atoms with van der Waals surface area (Å²) in [5, 5.41) is 13.9. The summed E-state index contributed by atoms with van der Waals surface area (Å²) in [4.78, 5) is 23.3. The number of carbonyl (C=O) groups excluding carboxylic acids is 1. The molecule has 0 aliphatic carbocycles. The number of likely N-dealkylation sites (N-methyl/N-ethyl adjacent to an activating group) is 1. The van der Waals surface area contributed by atoms with E-state index in [-0.39, 0.29) is 19.1 Å². The molecule has 3 N–H and O–H groups in total. The van der Waals surface area contributed by atoms with Crippen LogP contribution in [0.5, 0.6) is 0 Å². The highest BCUT2D eigenvalue weighted by atomic mass is 31.2. The molecular weight excluding hydrogens is 972 g/mol. The predicted molar refractivity (Wildman–Crippen MR) is 336 cm³/mol. The Kier molecular flexibility index (Phi) is 54.0. The second-order valence-electron chi connectivity index (χ2n) is 21.0. The van der Waals surface area contributed by atoms with Crippen molar-refractivity contribution in [2.45, 2.75) is 225 Å². The molecule has 0 saturated heterocycles. The highest BCUT2D eigenvalue weighted by Gasteiger charge is 2.27. The summed E-state index contributed by atoms with van der Waals surface area (Å²) in [6.45, 7) is 4.64. The van der Waals surface area contributed by atoms with Crippen LogP contribution in [0.1, 0.15) is 213 Å². The smallest absolute Gasteiger partial charge is 0.387 e. The first kappa shape index (κ1) is 73.1. The normalized spacial score (nSPS) is 14.9. The minimum Gasteiger partial charge on any atom is -0.387 e. The van der Waals surface area contributed by atoms with Gasteiger partial charge in [0.1, 0.15) is 13.2 Å². The Labute approximate surface area is 473 Å². The number of aliphatic hydroxyl groups excluding tert-OH is 1. The molecular formula is C68H114N2O6P+. The second kappa shape index (κ2) is 56.8. The van der Waals surface area contributed by atoms with E-state index in [0.717, 1.165) is 128 Å². The van der Waals surface area contributed by atoms with Crippen LogP contribution in [-0.2, 0) is 18.4 Å². The fourth-order valence-corrected chi connectivity index (χ4v) is 8.50. The third-order valence-electron chi connectivity index (χ3n) is 12.5. The van der Waals surface area contributed by atoms with Gasteiger partial charge < -0.3 is 19.8 Å². The third kappa shape index (κ3) is 59.6. The zero-order valence-electron chi connectivity index (χ0n) is 49.6. The number of quaternary nitrogens is 1. The van der Waals surface area contributed by atoms with Crippen molar-refractivity contribution in [1.29, 1.82) is 0 Å². The average molecular weight is 1090 g/mol. The number of nitrogens with one attached hydrogen (secondary N) is 1. The van der Waals surface area contributed by atoms with E-state index in [1.165, 1.54) is 64.2 Å². The van der Waals surface area contributed by atoms with E-state index in [9.17, 15) is 19.4 Å². The van der Waals surface area contributed by atoms with Crippen LogP contribution >= 0.6 is 7.82 Å². The van der Waals surface area contributed by atoms with E-state index in [4.69, 9.17) is 9.05 Å². The van der Waals surface area contributed by atoms with Crippen molar-refractivity contribution in [3.05, 3.63) is 158 Å². The minimum atomic E-state index is -4.37. The van der Waals surface area contributed by atoms with Crippen molar-refractivity contribution < 1.29 is 32.9 Å². The van der Waals surface area contributed by atoms with Crippen LogP contribution in [0.2, 0.25) is 0 Å². The zero-order valence-corrected chi connectivity index (χ0v) is 50.5. The van der Waals surface area contributed by atoms with Gasteiger partial charge in [-0.05, 0) is 116 Å². The van der Waals surface area contributed by atoms with Gasteiger partial charge in [0.25, 0.3) is 0 Å². The molecule has 8 nitrogen and oxygen atoms in total. The molecule has 0 heterocycles. The quantitative estimate of drug-likeness (QED) is 0.0243. The Morgan fingerprint density at radius 1 is 0.455 bits per heavy atom. The van der Waals surface area contributed by atoms with Gasteiger partial charge in [0, 0.05) is 6.42 Å². The van der Waals surface area contributed by atoms with E-state index in [2.05, 4.69) is 165 Å². The number of unbranched alkanes of at least 4 members (excludes halogenated alkanes) is 16. The van der Waals surface area contributed by atoms with Crippen molar-refractivity contribution in [1.82, 2.24) is 5.32 Å². The number of phosphoric acid groups is 1. The topological polar surface area (TPSA) is 105 Å². The average Bonchev–Trinajstić information content (AvgIpc) is 3.39. The molecule has 0 fully saturated rings. The molecule has 0 radical (unpaired) electrons. The Hall–Kier alpha value is -3.88. The number of hydrogen-bond acceptors (Lipinski definition) is 5. The van der Waals surface area contributed by atoms with Crippen molar-refractivity contribution in [2.24, 2.45) is 0 Å². The first-order valence-electron chi connectivity index (χ1n) is 30.4. The summed E-state index contributed by atoms with van der Waals surface area (Å²) in [5.41, 5.74) is 0. The number of rotatable bonds is 53. The highest BCUT2D eigenvalue weighted by molar-refractivity contribution is 7.47. The second-order valence-corrected chi connectivity index (χ2v) is 22.4. The van der Waals surface area contributed by atoms with Gasteiger partial charge >= 0.3 is 7.82 Å². The lowest BCUT2D eigenvalue weighted by molar-refractivity contribution is -0.870. The maximum absolute atomic E-state index is 13.0. The van der Waals surface area contributed by atoms with Gasteiger partial charge in [-0.1, -0.05) is 249 Å². The minimum absolute atomic E-state index is 0.0436. The Balaban J connectivity index is 4.25. The number of amides is 1. The van der Waals surface area contributed by atoms with Gasteiger partial charge in [0.15, 0.2) is 0 Å². The predicted octanol–water partition coefficient (Wildman–Crippen LogP) is 19.0. The lowest BCUT2D eigenvalue weighted by Gasteiger charge is -2.25. The van der Waals surface area contributed by atoms with E-state index in [1.807, 2.05) is 27.2 Å². The number of aliphatic hydroxyl groups is 1. The molecule has 0 aliphatic heterocycles. The van der Waals surface area contributed by atoms with Crippen LogP contribution in [0.15, 0.2) is 158 Å². The van der Waals surface area contributed by atoms with Crippen molar-refractivity contribution in [3.63, 3.8) is 0 Å². The molecule has 1 amide bonds. The molecule has 0 saturated carbocycles. The van der Waals surface area contributed by atoms with Gasteiger partial charge in [0.2, 0.25) is 5.91 Å². The standard InChI is InChI=1S/C68H113N2O6P/c1-6-8-10-12-14-16-18-20-22-24-25-26-27-28-29-30-31-32-33-34-35-36-37-38-39-40-41-42-43-44-45-46-48-50-52-54-56-58-60-62-68(72)69-66(65-76-77(73,74)75-64-63-70(3,4)5)67(71)61-59-57-55-53-51-49-47-23-21-19-17-15-13-11-9-7-2/h8,10,14,16,20,22,25-26,28-29,31-32,34-35,37-38,40-41,43-44,46,48,51,53,59,61,66-67,71H,6-7,9,11-13,15,17-19,21,23-24,27,30,33,36,39,42,45,47,49-50,52,54-58,60,62-65H2,1-5H3,(H-,69,72,73,74)/p+1/b10-8-,16-14-,22-20-,26-25-,29-28-,32-31-,35-34-,38-37-,41-40-,44-43-,48-46-,53-51+,61-59+. The van der Waals surface area contributed by atoms with Crippen molar-refractivity contribution >= 4 is 13.7 Å². The molecule has 0 aliphatic rings. The largest absolute Gasteiger partial charge is 0.472 e. The molecule has 0 aromatic rings. The highest BCUT2D eigenvalue weighted by Crippen LogP contribution is 2.43. The molecule has 0 aromatic carbocycles. The monoisotopic (exact) mass is 1090 g/mol. The number of phosphoric ester groups is 1. The first-order valence-corrected chi connectivity index (χ1v) is 31.9. The summed E-state index contributed by atoms with van der Waals surface area (Å²) in [5.74, 6) is -0.213. The van der Waals surface area contributed by atoms with Crippen LogP contribution in [0, 0.1) is 0 Å². The summed E-state index contributed by atoms with van der Waals surface area (Å²) in [7, 11) is 1.52. The summed E-state index contributed by atoms with van der Waals surface area (Å²) in [6.07, 6.45) is 89.3. The molecule has 0 spiro atoms. The van der Waals surface area contributed by atoms with Crippen molar-refractivity contribution in [2.75, 3.05) is 40.9 Å². The Morgan fingerprint density at radius 3 is 1.19 bits per heavy atom. The summed E-state index contributed by atoms with van der Waals surface area (Å²) >= 11 is 0. The Morgan fingerprint density at radius 2 is 0.792 bits per heavy atom. The van der Waals surface area contributed by atoms with Crippen molar-refractivity contribution in [3.8, 4) is 0 Å². The SMILES string of the molecule is CC/C=C\C/C=C\C/C=C\C/C=C\C/C=C\C/C=C\C/C=C\C/C=C\C/C=C\C/C=C\C/C=C\CCCCCCCC(=O)NC(COP(=O)(O)OCC[N+](C)(C)C)C(O)/C=C/CC/C=C/CCCCCCCCCCCC. The molecule has 0 rings (SSSR count). The zero-order chi connectivity index (χ0) is 56.3. The van der Waals surface area contributed by atoms with E-state index in [1.54, 1.807) is 6.08 Å². The van der Waals surface area contributed by atoms with Crippen LogP contribution in [0.3, 0.4) is 0 Å². The maximum Gasteiger partial charge on any atom is 0.472 e. The lowest BCUT2D eigenvalue weighted by atomic mass is 10.1. The van der Waals surface area contributed by atoms with E-state index >= 15 is 0 Å². The Bertz CT molecular complexity index is 1810. The molecule has 77 heavy (non-hydrogen) atoms. The summed E-state index contributed by atoms with van der Waals surface area (Å²) in [6, 6.07) is -0.886. The summed E-state index contributed by atoms with van der Waals surface area (Å²) < 4.78 is 23.7. The number of hydrogen-bond donors (Lipinski definition) is 3. The van der Waals surface area contributed by atoms with Crippen LogP contribution in [-0.4, -0.2) is 73.4 Å². The van der Waals surface area contributed by atoms with Gasteiger partial charge in [-0.3, -0.25) is 13.8 Å². The first-order chi connectivity index (χ1) is 37.5. The molecule has 3 unspecified atom stereocenters. The van der Waals surface area contributed by atoms with Gasteiger partial charge in [-0.25, -0.2) is 4.57 Å². The van der Waals surface area contributed by atoms with Crippen LogP contribution < -0.4 is 5.32 Å². The number of nitrogens with zero attached hydrogens (tertiary/aromatic N) is 1. The lowest BCUT2D eigenvalue weighted by Crippen LogP contribution is -2.45. The molecule has 9 heteroatoms. The third-order valence-corrected chi connectivity index (χ3v) is 13.5. The van der Waals surface area contributed by atoms with Gasteiger partial charge in [0.05, 0.1) is 39.9 Å². The van der Waals surface area contributed by atoms with Gasteiger partial charge in [-0.2, -0.15) is 0 Å². The fourth-order valence-electron chi connectivity index (χ4n) is 7.77. The van der Waals surface area contributed by atoms with E-state index in [0.29, 0.717) is 17.4 Å². The molecule has 3 atom stereocenters. The van der Waals surface area contributed by atoms with Gasteiger partial charge in [-0.15, -0.1) is 0 Å². The fraction of sp³-hybridized carbons (Fsp3) is 0.603.